The molecule has 0 unspecified atom stereocenters. The van der Waals surface area contributed by atoms with Gasteiger partial charge in [0.1, 0.15) is 5.75 Å². The molecule has 0 bridgehead atoms. The molecule has 0 aliphatic carbocycles. The summed E-state index contributed by atoms with van der Waals surface area (Å²) >= 11 is 0.553. The van der Waals surface area contributed by atoms with Crippen molar-refractivity contribution in [2.45, 2.75) is 4.90 Å². The van der Waals surface area contributed by atoms with Crippen LogP contribution in [0.5, 0.6) is 5.75 Å². The Bertz CT molecular complexity index is 383. The highest BCUT2D eigenvalue weighted by Gasteiger charge is 2.06. The Kier molecular flexibility index (Phi) is 3.76. The van der Waals surface area contributed by atoms with Crippen LogP contribution in [0.4, 0.5) is 0 Å². The second-order valence-corrected chi connectivity index (χ2v) is 4.29. The summed E-state index contributed by atoms with van der Waals surface area (Å²) in [5.74, 6) is 0.654. The van der Waals surface area contributed by atoms with Gasteiger partial charge in [0.15, 0.2) is 0 Å². The number of hydrogen-bond donors (Lipinski definition) is 1. The second-order valence-electron chi connectivity index (χ2n) is 2.25. The van der Waals surface area contributed by atoms with Gasteiger partial charge in [-0.2, -0.15) is 12.0 Å². The van der Waals surface area contributed by atoms with Crippen LogP contribution in [-0.2, 0) is 14.0 Å². The highest BCUT2D eigenvalue weighted by molar-refractivity contribution is 8.02. The predicted molar refractivity (Wildman–Crippen MR) is 51.5 cm³/mol. The molecule has 0 amide bonds. The Balaban J connectivity index is 2.61. The Morgan fingerprint density at radius 1 is 1.29 bits per heavy atom. The van der Waals surface area contributed by atoms with Crippen LogP contribution >= 0.6 is 12.0 Å². The van der Waals surface area contributed by atoms with Crippen molar-refractivity contribution in [3.8, 4) is 5.75 Å². The van der Waals surface area contributed by atoms with Crippen molar-refractivity contribution >= 4 is 22.4 Å². The first-order chi connectivity index (χ1) is 6.51. The molecule has 7 heteroatoms. The molecular weight excluding hydrogens is 228 g/mol. The zero-order valence-electron chi connectivity index (χ0n) is 7.21. The van der Waals surface area contributed by atoms with E-state index in [4.69, 9.17) is 9.29 Å². The molecule has 0 aromatic heterocycles. The SMILES string of the molecule is COc1ccc(SOS(=O)(=O)O)cc1. The van der Waals surface area contributed by atoms with E-state index in [1.165, 1.54) is 7.11 Å². The van der Waals surface area contributed by atoms with Crippen molar-refractivity contribution in [3.63, 3.8) is 0 Å². The Labute approximate surface area is 86.2 Å². The maximum Gasteiger partial charge on any atom is 0.408 e. The number of benzene rings is 1. The van der Waals surface area contributed by atoms with Gasteiger partial charge in [-0.05, 0) is 24.3 Å². The van der Waals surface area contributed by atoms with Crippen LogP contribution in [0.3, 0.4) is 0 Å². The summed E-state index contributed by atoms with van der Waals surface area (Å²) < 4.78 is 37.7. The van der Waals surface area contributed by atoms with Gasteiger partial charge in [0.25, 0.3) is 0 Å². The molecule has 14 heavy (non-hydrogen) atoms. The smallest absolute Gasteiger partial charge is 0.408 e. The number of rotatable bonds is 4. The largest absolute Gasteiger partial charge is 0.497 e. The zero-order chi connectivity index (χ0) is 10.6. The molecule has 78 valence electrons. The van der Waals surface area contributed by atoms with Gasteiger partial charge in [0.2, 0.25) is 0 Å². The maximum atomic E-state index is 10.2. The summed E-state index contributed by atoms with van der Waals surface area (Å²) in [6, 6.07) is 6.51. The zero-order valence-corrected chi connectivity index (χ0v) is 8.84. The van der Waals surface area contributed by atoms with E-state index in [2.05, 4.69) is 3.63 Å². The van der Waals surface area contributed by atoms with Crippen LogP contribution in [0.25, 0.3) is 0 Å². The fourth-order valence-electron chi connectivity index (χ4n) is 0.714. The number of methoxy groups -OCH3 is 1. The van der Waals surface area contributed by atoms with Crippen molar-refractivity contribution in [2.75, 3.05) is 7.11 Å². The van der Waals surface area contributed by atoms with Gasteiger partial charge in [0.05, 0.1) is 19.2 Å². The van der Waals surface area contributed by atoms with Crippen LogP contribution in [-0.4, -0.2) is 20.1 Å². The monoisotopic (exact) mass is 236 g/mol. The molecule has 1 N–H and O–H groups in total. The molecule has 0 aliphatic heterocycles. The Morgan fingerprint density at radius 3 is 2.29 bits per heavy atom. The fraction of sp³-hybridized carbons (Fsp3) is 0.143. The quantitative estimate of drug-likeness (QED) is 0.631. The number of ether oxygens (including phenoxy) is 1. The molecule has 0 radical (unpaired) electrons. The van der Waals surface area contributed by atoms with E-state index >= 15 is 0 Å². The van der Waals surface area contributed by atoms with Crippen LogP contribution < -0.4 is 4.74 Å². The topological polar surface area (TPSA) is 72.8 Å². The Morgan fingerprint density at radius 2 is 1.86 bits per heavy atom. The third-order valence-corrected chi connectivity index (χ3v) is 2.70. The van der Waals surface area contributed by atoms with Gasteiger partial charge in [-0.3, -0.25) is 4.55 Å². The van der Waals surface area contributed by atoms with E-state index in [0.717, 1.165) is 0 Å². The summed E-state index contributed by atoms with van der Waals surface area (Å²) in [6.45, 7) is 0. The predicted octanol–water partition coefficient (Wildman–Crippen LogP) is 1.52. The average molecular weight is 236 g/mol. The third-order valence-electron chi connectivity index (χ3n) is 1.28. The standard InChI is InChI=1S/C7H8O5S2/c1-11-6-2-4-7(5-3-6)13-12-14(8,9)10/h2-5H,1H3,(H,8,9,10). The van der Waals surface area contributed by atoms with E-state index < -0.39 is 10.4 Å². The van der Waals surface area contributed by atoms with E-state index in [0.29, 0.717) is 22.7 Å². The summed E-state index contributed by atoms with van der Waals surface area (Å²) in [7, 11) is -2.88. The molecule has 0 saturated carbocycles. The molecular formula is C7H8O5S2. The molecule has 0 heterocycles. The van der Waals surface area contributed by atoms with Crippen molar-refractivity contribution < 1.29 is 21.3 Å². The van der Waals surface area contributed by atoms with E-state index in [1.807, 2.05) is 0 Å². The molecule has 1 rings (SSSR count). The molecule has 1 aromatic rings. The Hall–Kier alpha value is -0.760. The van der Waals surface area contributed by atoms with Crippen molar-refractivity contribution in [1.82, 2.24) is 0 Å². The minimum Gasteiger partial charge on any atom is -0.497 e. The lowest BCUT2D eigenvalue weighted by molar-refractivity contribution is 0.407. The van der Waals surface area contributed by atoms with Gasteiger partial charge in [-0.1, -0.05) is 0 Å². The lowest BCUT2D eigenvalue weighted by Gasteiger charge is -2.00. The van der Waals surface area contributed by atoms with Crippen molar-refractivity contribution in [2.24, 2.45) is 0 Å². The molecule has 5 nitrogen and oxygen atoms in total. The molecule has 0 spiro atoms. The molecule has 0 aliphatic rings. The van der Waals surface area contributed by atoms with Crippen LogP contribution in [0.2, 0.25) is 0 Å². The van der Waals surface area contributed by atoms with Crippen LogP contribution in [0.15, 0.2) is 29.2 Å². The fourth-order valence-corrected chi connectivity index (χ4v) is 1.62. The lowest BCUT2D eigenvalue weighted by atomic mass is 10.3. The van der Waals surface area contributed by atoms with Gasteiger partial charge in [-0.15, -0.1) is 0 Å². The minimum absolute atomic E-state index is 0.545. The lowest BCUT2D eigenvalue weighted by Crippen LogP contribution is -1.96. The number of hydrogen-bond acceptors (Lipinski definition) is 5. The molecule has 0 fully saturated rings. The summed E-state index contributed by atoms with van der Waals surface area (Å²) in [4.78, 5) is 0.545. The summed E-state index contributed by atoms with van der Waals surface area (Å²) in [5.41, 5.74) is 0. The summed E-state index contributed by atoms with van der Waals surface area (Å²) in [6.07, 6.45) is 0. The molecule has 0 atom stereocenters. The van der Waals surface area contributed by atoms with Gasteiger partial charge in [0, 0.05) is 4.90 Å². The molecule has 1 aromatic carbocycles. The summed E-state index contributed by atoms with van der Waals surface area (Å²) in [5, 5.41) is 0. The van der Waals surface area contributed by atoms with Gasteiger partial charge >= 0.3 is 10.4 Å². The van der Waals surface area contributed by atoms with Crippen molar-refractivity contribution in [3.05, 3.63) is 24.3 Å². The highest BCUT2D eigenvalue weighted by atomic mass is 32.3. The first-order valence-electron chi connectivity index (χ1n) is 3.49. The van der Waals surface area contributed by atoms with E-state index in [-0.39, 0.29) is 0 Å². The van der Waals surface area contributed by atoms with Crippen molar-refractivity contribution in [1.29, 1.82) is 0 Å². The maximum absolute atomic E-state index is 10.2. The highest BCUT2D eigenvalue weighted by Crippen LogP contribution is 2.23. The first-order valence-corrected chi connectivity index (χ1v) is 5.59. The average Bonchev–Trinajstić information content (AvgIpc) is 2.14. The normalized spacial score (nSPS) is 11.3. The van der Waals surface area contributed by atoms with E-state index in [1.54, 1.807) is 24.3 Å². The van der Waals surface area contributed by atoms with Crippen LogP contribution in [0.1, 0.15) is 0 Å². The second kappa shape index (κ2) is 4.65. The first kappa shape index (κ1) is 11.3. The van der Waals surface area contributed by atoms with E-state index in [9.17, 15) is 8.42 Å². The van der Waals surface area contributed by atoms with Gasteiger partial charge < -0.3 is 4.74 Å². The van der Waals surface area contributed by atoms with Crippen LogP contribution in [0, 0.1) is 0 Å². The minimum atomic E-state index is -4.41. The van der Waals surface area contributed by atoms with Gasteiger partial charge in [-0.25, -0.2) is 0 Å². The third kappa shape index (κ3) is 3.97. The molecule has 0 saturated heterocycles.